The molecule has 24 heavy (non-hydrogen) atoms. The molecule has 1 amide bonds. The van der Waals surface area contributed by atoms with Crippen LogP contribution in [0.2, 0.25) is 5.02 Å². The average molecular weight is 363 g/mol. The van der Waals surface area contributed by atoms with Gasteiger partial charge in [0.1, 0.15) is 5.54 Å². The van der Waals surface area contributed by atoms with Crippen LogP contribution in [0.1, 0.15) is 19.8 Å². The Morgan fingerprint density at radius 3 is 2.79 bits per heavy atom. The van der Waals surface area contributed by atoms with Crippen LogP contribution in [0, 0.1) is 17.2 Å². The molecule has 1 aliphatic rings. The molecule has 0 aliphatic heterocycles. The first kappa shape index (κ1) is 16.8. The van der Waals surface area contributed by atoms with Gasteiger partial charge in [-0.25, -0.2) is 0 Å². The van der Waals surface area contributed by atoms with Crippen LogP contribution in [0.15, 0.2) is 33.9 Å². The average Bonchev–Trinajstić information content (AvgIpc) is 3.33. The molecule has 6 nitrogen and oxygen atoms in total. The Balaban J connectivity index is 1.56. The smallest absolute Gasteiger partial charge is 0.277 e. The number of halogens is 1. The Morgan fingerprint density at radius 1 is 1.46 bits per heavy atom. The molecule has 1 atom stereocenters. The lowest BCUT2D eigenvalue weighted by atomic mass is 9.98. The zero-order chi connectivity index (χ0) is 17.2. The van der Waals surface area contributed by atoms with Crippen molar-refractivity contribution in [1.29, 1.82) is 5.26 Å². The molecule has 2 aromatic rings. The normalized spacial score (nSPS) is 16.2. The summed E-state index contributed by atoms with van der Waals surface area (Å²) in [5, 5.41) is 20.9. The van der Waals surface area contributed by atoms with E-state index in [4.69, 9.17) is 16.0 Å². The maximum Gasteiger partial charge on any atom is 0.277 e. The summed E-state index contributed by atoms with van der Waals surface area (Å²) in [6.07, 6.45) is 1.96. The molecule has 1 aromatic carbocycles. The Kier molecular flexibility index (Phi) is 4.78. The minimum Gasteiger partial charge on any atom is -0.411 e. The second-order valence-corrected chi connectivity index (χ2v) is 7.17. The van der Waals surface area contributed by atoms with Crippen LogP contribution in [0.25, 0.3) is 11.5 Å². The van der Waals surface area contributed by atoms with Gasteiger partial charge in [0.15, 0.2) is 0 Å². The number of amides is 1. The Morgan fingerprint density at radius 2 is 2.17 bits per heavy atom. The number of thioether (sulfide) groups is 1. The van der Waals surface area contributed by atoms with Gasteiger partial charge in [0.2, 0.25) is 11.8 Å². The third-order valence-corrected chi connectivity index (χ3v) is 4.92. The number of nitriles is 1. The molecule has 1 fully saturated rings. The molecule has 3 rings (SSSR count). The number of benzene rings is 1. The van der Waals surface area contributed by atoms with Gasteiger partial charge in [-0.05, 0) is 49.9 Å². The van der Waals surface area contributed by atoms with Gasteiger partial charge in [0.05, 0.1) is 11.8 Å². The molecule has 0 radical (unpaired) electrons. The Bertz CT molecular complexity index is 782. The Labute approximate surface area is 148 Å². The lowest BCUT2D eigenvalue weighted by Gasteiger charge is -2.22. The van der Waals surface area contributed by atoms with Crippen molar-refractivity contribution in [2.24, 2.45) is 5.92 Å². The first-order valence-corrected chi connectivity index (χ1v) is 8.81. The maximum atomic E-state index is 12.0. The van der Waals surface area contributed by atoms with Crippen molar-refractivity contribution in [3.63, 3.8) is 0 Å². The molecule has 1 N–H and O–H groups in total. The summed E-state index contributed by atoms with van der Waals surface area (Å²) in [6, 6.07) is 9.24. The summed E-state index contributed by atoms with van der Waals surface area (Å²) in [7, 11) is 0. The molecule has 8 heteroatoms. The summed E-state index contributed by atoms with van der Waals surface area (Å²) in [5.41, 5.74) is -0.0324. The van der Waals surface area contributed by atoms with Crippen LogP contribution >= 0.6 is 23.4 Å². The zero-order valence-electron chi connectivity index (χ0n) is 13.0. The predicted octanol–water partition coefficient (Wildman–Crippen LogP) is 3.29. The fraction of sp³-hybridized carbons (Fsp3) is 0.375. The molecule has 1 aliphatic carbocycles. The standard InChI is InChI=1S/C16H15ClN4O2S/c1-16(9-18,11-4-5-11)19-13(22)8-24-15-21-20-14(23-15)10-2-6-12(17)7-3-10/h2-3,6-7,11H,4-5,8H2,1H3,(H,19,22)/t16-/m0/s1. The topological polar surface area (TPSA) is 91.8 Å². The number of aromatic nitrogens is 2. The predicted molar refractivity (Wildman–Crippen MR) is 90.4 cm³/mol. The summed E-state index contributed by atoms with van der Waals surface area (Å²) in [4.78, 5) is 12.0. The van der Waals surface area contributed by atoms with E-state index in [9.17, 15) is 10.1 Å². The zero-order valence-corrected chi connectivity index (χ0v) is 14.5. The second kappa shape index (κ2) is 6.83. The minimum atomic E-state index is -0.791. The van der Waals surface area contributed by atoms with Crippen molar-refractivity contribution in [3.8, 4) is 17.5 Å². The van der Waals surface area contributed by atoms with Crippen molar-refractivity contribution >= 4 is 29.3 Å². The number of nitrogens with one attached hydrogen (secondary N) is 1. The van der Waals surface area contributed by atoms with Gasteiger partial charge in [-0.2, -0.15) is 5.26 Å². The number of hydrogen-bond acceptors (Lipinski definition) is 6. The second-order valence-electron chi connectivity index (χ2n) is 5.81. The summed E-state index contributed by atoms with van der Waals surface area (Å²) in [5.74, 6) is 0.514. The van der Waals surface area contributed by atoms with E-state index in [1.165, 1.54) is 0 Å². The number of carbonyl (C=O) groups is 1. The minimum absolute atomic E-state index is 0.117. The van der Waals surface area contributed by atoms with Gasteiger partial charge in [0, 0.05) is 10.6 Å². The summed E-state index contributed by atoms with van der Waals surface area (Å²) >= 11 is 6.98. The van der Waals surface area contributed by atoms with E-state index in [1.54, 1.807) is 31.2 Å². The molecule has 1 saturated carbocycles. The van der Waals surface area contributed by atoms with Gasteiger partial charge in [-0.15, -0.1) is 10.2 Å². The highest BCUT2D eigenvalue weighted by atomic mass is 35.5. The van der Waals surface area contributed by atoms with Crippen LogP contribution in [-0.4, -0.2) is 27.4 Å². The molecule has 0 bridgehead atoms. The molecular weight excluding hydrogens is 348 g/mol. The third-order valence-electron chi connectivity index (χ3n) is 3.85. The lowest BCUT2D eigenvalue weighted by Crippen LogP contribution is -2.47. The number of nitrogens with zero attached hydrogens (tertiary/aromatic N) is 3. The first-order chi connectivity index (χ1) is 11.5. The van der Waals surface area contributed by atoms with E-state index in [1.807, 2.05) is 0 Å². The highest BCUT2D eigenvalue weighted by Gasteiger charge is 2.42. The molecule has 0 spiro atoms. The SMILES string of the molecule is C[C@@](C#N)(NC(=O)CSc1nnc(-c2ccc(Cl)cc2)o1)C1CC1. The molecule has 124 valence electrons. The maximum absolute atomic E-state index is 12.0. The van der Waals surface area contributed by atoms with Crippen molar-refractivity contribution in [1.82, 2.24) is 15.5 Å². The molecule has 0 saturated heterocycles. The number of hydrogen-bond donors (Lipinski definition) is 1. The fourth-order valence-corrected chi connectivity index (χ4v) is 3.00. The van der Waals surface area contributed by atoms with E-state index in [2.05, 4.69) is 21.6 Å². The van der Waals surface area contributed by atoms with Gasteiger partial charge >= 0.3 is 0 Å². The Hall–Kier alpha value is -2.04. The monoisotopic (exact) mass is 362 g/mol. The highest BCUT2D eigenvalue weighted by molar-refractivity contribution is 7.99. The molecule has 1 aromatic heterocycles. The van der Waals surface area contributed by atoms with E-state index in [0.717, 1.165) is 30.2 Å². The molecule has 0 unspecified atom stereocenters. The first-order valence-electron chi connectivity index (χ1n) is 7.45. The van der Waals surface area contributed by atoms with Crippen LogP contribution < -0.4 is 5.32 Å². The van der Waals surface area contributed by atoms with E-state index < -0.39 is 5.54 Å². The molecular formula is C16H15ClN4O2S. The largest absolute Gasteiger partial charge is 0.411 e. The van der Waals surface area contributed by atoms with Crippen LogP contribution in [0.5, 0.6) is 0 Å². The van der Waals surface area contributed by atoms with Gasteiger partial charge in [-0.1, -0.05) is 23.4 Å². The number of carbonyl (C=O) groups excluding carboxylic acids is 1. The number of rotatable bonds is 6. The van der Waals surface area contributed by atoms with E-state index in [-0.39, 0.29) is 17.6 Å². The van der Waals surface area contributed by atoms with Gasteiger partial charge < -0.3 is 9.73 Å². The lowest BCUT2D eigenvalue weighted by molar-refractivity contribution is -0.119. The fourth-order valence-electron chi connectivity index (χ4n) is 2.31. The highest BCUT2D eigenvalue weighted by Crippen LogP contribution is 2.39. The van der Waals surface area contributed by atoms with Crippen molar-refractivity contribution in [2.45, 2.75) is 30.5 Å². The van der Waals surface area contributed by atoms with Crippen LogP contribution in [-0.2, 0) is 4.79 Å². The molecule has 1 heterocycles. The van der Waals surface area contributed by atoms with E-state index in [0.29, 0.717) is 16.1 Å². The van der Waals surface area contributed by atoms with E-state index >= 15 is 0 Å². The van der Waals surface area contributed by atoms with Gasteiger partial charge in [-0.3, -0.25) is 4.79 Å². The van der Waals surface area contributed by atoms with Crippen molar-refractivity contribution in [2.75, 3.05) is 5.75 Å². The van der Waals surface area contributed by atoms with Crippen LogP contribution in [0.3, 0.4) is 0 Å². The van der Waals surface area contributed by atoms with Crippen LogP contribution in [0.4, 0.5) is 0 Å². The summed E-state index contributed by atoms with van der Waals surface area (Å²) in [6.45, 7) is 1.76. The van der Waals surface area contributed by atoms with Crippen molar-refractivity contribution < 1.29 is 9.21 Å². The summed E-state index contributed by atoms with van der Waals surface area (Å²) < 4.78 is 5.53. The third kappa shape index (κ3) is 3.89. The quantitative estimate of drug-likeness (QED) is 0.793. The van der Waals surface area contributed by atoms with Crippen molar-refractivity contribution in [3.05, 3.63) is 29.3 Å². The van der Waals surface area contributed by atoms with Gasteiger partial charge in [0.25, 0.3) is 5.22 Å².